The van der Waals surface area contributed by atoms with E-state index in [9.17, 15) is 19.8 Å². The molecule has 1 aromatic rings. The number of fused-ring (bicyclic) bond motifs is 2. The van der Waals surface area contributed by atoms with Gasteiger partial charge in [-0.1, -0.05) is 23.2 Å². The molecule has 3 aliphatic rings. The number of benzene rings is 1. The van der Waals surface area contributed by atoms with E-state index in [-0.39, 0.29) is 30.7 Å². The molecule has 1 aliphatic carbocycles. The molecule has 1 spiro atoms. The number of carbonyl (C=O) groups is 2. The van der Waals surface area contributed by atoms with Crippen molar-refractivity contribution in [1.82, 2.24) is 4.90 Å². The fourth-order valence-corrected chi connectivity index (χ4v) is 4.75. The van der Waals surface area contributed by atoms with E-state index in [2.05, 4.69) is 5.32 Å². The highest BCUT2D eigenvalue weighted by Gasteiger charge is 2.53. The van der Waals surface area contributed by atoms with Gasteiger partial charge in [-0.3, -0.25) is 9.59 Å². The molecule has 1 saturated heterocycles. The van der Waals surface area contributed by atoms with Gasteiger partial charge in [0.1, 0.15) is 0 Å². The monoisotopic (exact) mass is 398 g/mol. The number of aliphatic hydroxyl groups is 2. The van der Waals surface area contributed by atoms with Gasteiger partial charge in [0.15, 0.2) is 0 Å². The molecule has 4 atom stereocenters. The van der Waals surface area contributed by atoms with Crippen molar-refractivity contribution in [2.75, 3.05) is 18.4 Å². The number of carbonyl (C=O) groups excluding carboxylic acids is 2. The lowest BCUT2D eigenvalue weighted by atomic mass is 9.80. The highest BCUT2D eigenvalue weighted by molar-refractivity contribution is 6.42. The first-order chi connectivity index (χ1) is 12.3. The van der Waals surface area contributed by atoms with Crippen molar-refractivity contribution < 1.29 is 19.8 Å². The Morgan fingerprint density at radius 3 is 2.65 bits per heavy atom. The molecule has 2 unspecified atom stereocenters. The van der Waals surface area contributed by atoms with Crippen molar-refractivity contribution in [2.24, 2.45) is 5.92 Å². The number of hydrogen-bond donors (Lipinski definition) is 3. The number of rotatable bonds is 1. The molecular weight excluding hydrogens is 379 g/mol. The summed E-state index contributed by atoms with van der Waals surface area (Å²) in [4.78, 5) is 27.3. The second kappa shape index (κ2) is 6.37. The minimum atomic E-state index is -0.870. The van der Waals surface area contributed by atoms with E-state index in [0.717, 1.165) is 5.56 Å². The van der Waals surface area contributed by atoms with Crippen LogP contribution in [0.2, 0.25) is 10.0 Å². The van der Waals surface area contributed by atoms with Gasteiger partial charge in [-0.25, -0.2) is 0 Å². The van der Waals surface area contributed by atoms with Gasteiger partial charge in [0.25, 0.3) is 0 Å². The molecule has 0 aromatic heterocycles. The van der Waals surface area contributed by atoms with Crippen LogP contribution >= 0.6 is 23.2 Å². The fraction of sp³-hybridized carbons (Fsp3) is 0.556. The third-order valence-electron chi connectivity index (χ3n) is 5.97. The molecule has 0 radical (unpaired) electrons. The minimum absolute atomic E-state index is 0.0610. The Morgan fingerprint density at radius 1 is 1.19 bits per heavy atom. The predicted octanol–water partition coefficient (Wildman–Crippen LogP) is 1.94. The van der Waals surface area contributed by atoms with Crippen molar-refractivity contribution in [3.05, 3.63) is 27.7 Å². The van der Waals surface area contributed by atoms with Crippen LogP contribution in [0, 0.1) is 5.92 Å². The number of amides is 2. The van der Waals surface area contributed by atoms with E-state index >= 15 is 0 Å². The Labute approximate surface area is 161 Å². The molecule has 2 fully saturated rings. The Balaban J connectivity index is 1.56. The minimum Gasteiger partial charge on any atom is -0.390 e. The zero-order valence-corrected chi connectivity index (χ0v) is 15.6. The number of nitrogens with zero attached hydrogens (tertiary/aromatic N) is 1. The first-order valence-corrected chi connectivity index (χ1v) is 9.53. The lowest BCUT2D eigenvalue weighted by Crippen LogP contribution is -2.44. The van der Waals surface area contributed by atoms with E-state index in [1.54, 1.807) is 17.0 Å². The summed E-state index contributed by atoms with van der Waals surface area (Å²) in [5.41, 5.74) is 0.632. The molecule has 26 heavy (non-hydrogen) atoms. The van der Waals surface area contributed by atoms with Crippen molar-refractivity contribution in [3.8, 4) is 0 Å². The smallest absolute Gasteiger partial charge is 0.237 e. The highest BCUT2D eigenvalue weighted by Crippen LogP contribution is 2.47. The molecule has 4 rings (SSSR count). The zero-order chi connectivity index (χ0) is 18.6. The fourth-order valence-electron chi connectivity index (χ4n) is 4.43. The van der Waals surface area contributed by atoms with E-state index in [1.165, 1.54) is 0 Å². The van der Waals surface area contributed by atoms with Gasteiger partial charge in [-0.05, 0) is 43.4 Å². The summed E-state index contributed by atoms with van der Waals surface area (Å²) in [5, 5.41) is 23.1. The standard InChI is InChI=1S/C18H20Cl2N2O4/c19-11-6-10-13(7-12(11)20)21-17(26)18(10)3-4-22(8-18)16(25)9-1-2-14(23)15(24)5-9/h6-7,9,14-15,23-24H,1-5,8H2,(H,21,26)/t9-,14?,15?,18-/m1/s1. The van der Waals surface area contributed by atoms with E-state index in [0.29, 0.717) is 41.5 Å². The molecule has 2 heterocycles. The van der Waals surface area contributed by atoms with Gasteiger partial charge < -0.3 is 20.4 Å². The Hall–Kier alpha value is -1.34. The van der Waals surface area contributed by atoms with Crippen molar-refractivity contribution >= 4 is 40.7 Å². The average molecular weight is 399 g/mol. The van der Waals surface area contributed by atoms with Crippen LogP contribution in [-0.2, 0) is 15.0 Å². The van der Waals surface area contributed by atoms with Crippen molar-refractivity contribution in [3.63, 3.8) is 0 Å². The number of likely N-dealkylation sites (tertiary alicyclic amines) is 1. The third kappa shape index (κ3) is 2.71. The summed E-state index contributed by atoms with van der Waals surface area (Å²) in [5.74, 6) is -0.518. The van der Waals surface area contributed by atoms with Crippen LogP contribution < -0.4 is 5.32 Å². The predicted molar refractivity (Wildman–Crippen MR) is 97.3 cm³/mol. The van der Waals surface area contributed by atoms with E-state index < -0.39 is 17.6 Å². The molecule has 0 bridgehead atoms. The van der Waals surface area contributed by atoms with Gasteiger partial charge in [0, 0.05) is 24.7 Å². The molecule has 2 amide bonds. The van der Waals surface area contributed by atoms with Crippen LogP contribution in [-0.4, -0.2) is 52.2 Å². The van der Waals surface area contributed by atoms with Crippen LogP contribution in [0.3, 0.4) is 0 Å². The quantitative estimate of drug-likeness (QED) is 0.674. The molecule has 2 aliphatic heterocycles. The maximum Gasteiger partial charge on any atom is 0.237 e. The van der Waals surface area contributed by atoms with Crippen LogP contribution in [0.25, 0.3) is 0 Å². The summed E-state index contributed by atoms with van der Waals surface area (Å²) in [6.45, 7) is 0.763. The average Bonchev–Trinajstić information content (AvgIpc) is 3.15. The number of nitrogens with one attached hydrogen (secondary N) is 1. The lowest BCUT2D eigenvalue weighted by Gasteiger charge is -2.32. The summed E-state index contributed by atoms with van der Waals surface area (Å²) in [6, 6.07) is 3.36. The number of anilines is 1. The summed E-state index contributed by atoms with van der Waals surface area (Å²) in [6.07, 6.45) is 0.106. The van der Waals surface area contributed by atoms with Gasteiger partial charge in [-0.2, -0.15) is 0 Å². The largest absolute Gasteiger partial charge is 0.390 e. The summed E-state index contributed by atoms with van der Waals surface area (Å²) >= 11 is 12.2. The maximum absolute atomic E-state index is 12.9. The molecule has 1 aromatic carbocycles. The summed E-state index contributed by atoms with van der Waals surface area (Å²) in [7, 11) is 0. The van der Waals surface area contributed by atoms with Crippen LogP contribution in [0.1, 0.15) is 31.2 Å². The topological polar surface area (TPSA) is 89.9 Å². The SMILES string of the molecule is O=C([C@@H]1CCC(O)C(O)C1)N1CC[C@]2(C1)C(=O)Nc1cc(Cl)c(Cl)cc12. The van der Waals surface area contributed by atoms with Crippen LogP contribution in [0.4, 0.5) is 5.69 Å². The Morgan fingerprint density at radius 2 is 1.92 bits per heavy atom. The third-order valence-corrected chi connectivity index (χ3v) is 6.69. The highest BCUT2D eigenvalue weighted by atomic mass is 35.5. The lowest BCUT2D eigenvalue weighted by molar-refractivity contribution is -0.139. The van der Waals surface area contributed by atoms with E-state index in [1.807, 2.05) is 0 Å². The van der Waals surface area contributed by atoms with Crippen molar-refractivity contribution in [2.45, 2.75) is 43.3 Å². The molecule has 6 nitrogen and oxygen atoms in total. The second-order valence-corrected chi connectivity index (χ2v) is 8.32. The molecule has 1 saturated carbocycles. The first kappa shape index (κ1) is 18.0. The van der Waals surface area contributed by atoms with Crippen LogP contribution in [0.15, 0.2) is 12.1 Å². The van der Waals surface area contributed by atoms with Gasteiger partial charge in [-0.15, -0.1) is 0 Å². The van der Waals surface area contributed by atoms with Crippen molar-refractivity contribution in [1.29, 1.82) is 0 Å². The van der Waals surface area contributed by atoms with Gasteiger partial charge in [0.05, 0.1) is 27.7 Å². The Kier molecular flexibility index (Phi) is 4.42. The molecule has 3 N–H and O–H groups in total. The number of halogens is 2. The molecular formula is C18H20Cl2N2O4. The van der Waals surface area contributed by atoms with E-state index in [4.69, 9.17) is 23.2 Å². The van der Waals surface area contributed by atoms with Gasteiger partial charge in [0.2, 0.25) is 11.8 Å². The van der Waals surface area contributed by atoms with Gasteiger partial charge >= 0.3 is 0 Å². The molecule has 8 heteroatoms. The zero-order valence-electron chi connectivity index (χ0n) is 14.0. The Bertz CT molecular complexity index is 787. The van der Waals surface area contributed by atoms with Crippen LogP contribution in [0.5, 0.6) is 0 Å². The maximum atomic E-state index is 12.9. The molecule has 140 valence electrons. The first-order valence-electron chi connectivity index (χ1n) is 8.78. The summed E-state index contributed by atoms with van der Waals surface area (Å²) < 4.78 is 0. The number of hydrogen-bond acceptors (Lipinski definition) is 4. The second-order valence-electron chi connectivity index (χ2n) is 7.50. The normalized spacial score (nSPS) is 33.5. The number of aliphatic hydroxyl groups excluding tert-OH is 2.